The van der Waals surface area contributed by atoms with Crippen LogP contribution in [0.25, 0.3) is 0 Å². The largest absolute Gasteiger partial charge is 0.381 e. The van der Waals surface area contributed by atoms with Crippen LogP contribution in [0.15, 0.2) is 36.5 Å². The van der Waals surface area contributed by atoms with E-state index in [1.807, 2.05) is 12.3 Å². The van der Waals surface area contributed by atoms with Gasteiger partial charge in [-0.3, -0.25) is 4.90 Å². The van der Waals surface area contributed by atoms with E-state index in [1.165, 1.54) is 23.4 Å². The fraction of sp³-hybridized carbons (Fsp3) is 0.400. The second-order valence-corrected chi connectivity index (χ2v) is 6.40. The van der Waals surface area contributed by atoms with Gasteiger partial charge < -0.3 is 11.1 Å². The maximum absolute atomic E-state index is 5.69. The first-order valence-corrected chi connectivity index (χ1v) is 7.85. The Hall–Kier alpha value is -1.59. The van der Waals surface area contributed by atoms with Crippen molar-refractivity contribution in [1.82, 2.24) is 9.88 Å². The molecule has 1 aliphatic rings. The highest BCUT2D eigenvalue weighted by Crippen LogP contribution is 2.21. The van der Waals surface area contributed by atoms with Crippen molar-refractivity contribution in [3.05, 3.63) is 41.4 Å². The van der Waals surface area contributed by atoms with Crippen molar-refractivity contribution in [2.75, 3.05) is 24.1 Å². The number of likely N-dealkylation sites (tertiary alicyclic amines) is 1. The summed E-state index contributed by atoms with van der Waals surface area (Å²) in [5, 5.41) is 4.29. The van der Waals surface area contributed by atoms with Crippen LogP contribution in [0.2, 0.25) is 0 Å². The van der Waals surface area contributed by atoms with Gasteiger partial charge in [-0.15, -0.1) is 11.3 Å². The molecule has 0 amide bonds. The number of anilines is 2. The minimum atomic E-state index is 0.524. The highest BCUT2D eigenvalue weighted by molar-refractivity contribution is 7.15. The number of nitrogens with one attached hydrogen (secondary N) is 1. The van der Waals surface area contributed by atoms with E-state index in [0.717, 1.165) is 19.6 Å². The van der Waals surface area contributed by atoms with Gasteiger partial charge in [0.1, 0.15) is 0 Å². The van der Waals surface area contributed by atoms with Gasteiger partial charge in [0.15, 0.2) is 5.13 Å². The van der Waals surface area contributed by atoms with Crippen LogP contribution in [0.3, 0.4) is 0 Å². The lowest BCUT2D eigenvalue weighted by atomic mass is 10.1. The van der Waals surface area contributed by atoms with E-state index in [2.05, 4.69) is 39.5 Å². The van der Waals surface area contributed by atoms with Crippen molar-refractivity contribution in [2.45, 2.75) is 25.4 Å². The molecule has 1 saturated heterocycles. The van der Waals surface area contributed by atoms with Crippen molar-refractivity contribution in [1.29, 1.82) is 0 Å². The van der Waals surface area contributed by atoms with Crippen molar-refractivity contribution >= 4 is 22.2 Å². The molecule has 1 atom stereocenters. The molecule has 0 bridgehead atoms. The SMILES string of the molecule is Nc1ncc(CN2CCCC(Nc3ccccc3)C2)s1. The number of nitrogens with zero attached hydrogens (tertiary/aromatic N) is 2. The smallest absolute Gasteiger partial charge is 0.180 e. The summed E-state index contributed by atoms with van der Waals surface area (Å²) in [7, 11) is 0. The van der Waals surface area contributed by atoms with E-state index in [-0.39, 0.29) is 0 Å². The molecule has 0 aliphatic carbocycles. The van der Waals surface area contributed by atoms with E-state index < -0.39 is 0 Å². The van der Waals surface area contributed by atoms with Crippen LogP contribution >= 0.6 is 11.3 Å². The van der Waals surface area contributed by atoms with Crippen molar-refractivity contribution in [3.63, 3.8) is 0 Å². The molecule has 0 radical (unpaired) electrons. The monoisotopic (exact) mass is 288 g/mol. The number of nitrogens with two attached hydrogens (primary N) is 1. The summed E-state index contributed by atoms with van der Waals surface area (Å²) in [6.45, 7) is 3.19. The zero-order valence-electron chi connectivity index (χ0n) is 11.5. The molecule has 106 valence electrons. The van der Waals surface area contributed by atoms with Crippen molar-refractivity contribution in [2.24, 2.45) is 0 Å². The van der Waals surface area contributed by atoms with Gasteiger partial charge in [-0.05, 0) is 31.5 Å². The predicted octanol–water partition coefficient (Wildman–Crippen LogP) is 2.80. The number of piperidine rings is 1. The first-order valence-electron chi connectivity index (χ1n) is 7.04. The molecule has 0 spiro atoms. The van der Waals surface area contributed by atoms with E-state index in [9.17, 15) is 0 Å². The highest BCUT2D eigenvalue weighted by atomic mass is 32.1. The molecule has 4 nitrogen and oxygen atoms in total. The Morgan fingerprint density at radius 1 is 1.35 bits per heavy atom. The first kappa shape index (κ1) is 13.4. The number of benzene rings is 1. The predicted molar refractivity (Wildman–Crippen MR) is 84.9 cm³/mol. The Morgan fingerprint density at radius 2 is 2.20 bits per heavy atom. The Labute approximate surface area is 123 Å². The van der Waals surface area contributed by atoms with Gasteiger partial charge in [0, 0.05) is 35.9 Å². The fourth-order valence-electron chi connectivity index (χ4n) is 2.70. The second-order valence-electron chi connectivity index (χ2n) is 5.25. The average Bonchev–Trinajstić information content (AvgIpc) is 2.86. The summed E-state index contributed by atoms with van der Waals surface area (Å²) in [5.74, 6) is 0. The Balaban J connectivity index is 1.56. The quantitative estimate of drug-likeness (QED) is 0.908. The molecule has 5 heteroatoms. The van der Waals surface area contributed by atoms with E-state index in [4.69, 9.17) is 5.73 Å². The summed E-state index contributed by atoms with van der Waals surface area (Å²) in [5.41, 5.74) is 6.90. The van der Waals surface area contributed by atoms with Crippen LogP contribution in [0, 0.1) is 0 Å². The molecule has 2 aromatic rings. The van der Waals surface area contributed by atoms with Crippen LogP contribution < -0.4 is 11.1 Å². The van der Waals surface area contributed by atoms with Gasteiger partial charge in [0.25, 0.3) is 0 Å². The van der Waals surface area contributed by atoms with Crippen LogP contribution in [0.5, 0.6) is 0 Å². The summed E-state index contributed by atoms with van der Waals surface area (Å²) >= 11 is 1.59. The number of nitrogen functional groups attached to an aromatic ring is 1. The van der Waals surface area contributed by atoms with Crippen LogP contribution in [0.4, 0.5) is 10.8 Å². The second kappa shape index (κ2) is 6.24. The number of hydrogen-bond donors (Lipinski definition) is 2. The molecule has 20 heavy (non-hydrogen) atoms. The highest BCUT2D eigenvalue weighted by Gasteiger charge is 2.20. The average molecular weight is 288 g/mol. The normalized spacial score (nSPS) is 19.9. The third-order valence-corrected chi connectivity index (χ3v) is 4.41. The molecular weight excluding hydrogens is 268 g/mol. The molecule has 3 N–H and O–H groups in total. The third-order valence-electron chi connectivity index (χ3n) is 3.60. The minimum Gasteiger partial charge on any atom is -0.381 e. The van der Waals surface area contributed by atoms with Crippen molar-refractivity contribution < 1.29 is 0 Å². The number of para-hydroxylation sites is 1. The molecule has 1 aromatic heterocycles. The standard InChI is InChI=1S/C15H20N4S/c16-15-17-9-14(20-15)11-19-8-4-7-13(10-19)18-12-5-2-1-3-6-12/h1-3,5-6,9,13,18H,4,7-8,10-11H2,(H2,16,17). The Bertz CT molecular complexity index is 540. The minimum absolute atomic E-state index is 0.524. The fourth-order valence-corrected chi connectivity index (χ4v) is 3.43. The summed E-state index contributed by atoms with van der Waals surface area (Å²) in [6, 6.07) is 11.0. The van der Waals surface area contributed by atoms with Crippen LogP contribution in [-0.2, 0) is 6.54 Å². The number of rotatable bonds is 4. The van der Waals surface area contributed by atoms with E-state index in [1.54, 1.807) is 11.3 Å². The number of hydrogen-bond acceptors (Lipinski definition) is 5. The summed E-state index contributed by atoms with van der Waals surface area (Å²) in [6.07, 6.45) is 4.36. The first-order chi connectivity index (χ1) is 9.79. The zero-order chi connectivity index (χ0) is 13.8. The lowest BCUT2D eigenvalue weighted by molar-refractivity contribution is 0.210. The van der Waals surface area contributed by atoms with Crippen molar-refractivity contribution in [3.8, 4) is 0 Å². The van der Waals surface area contributed by atoms with Gasteiger partial charge in [-0.2, -0.15) is 0 Å². The summed E-state index contributed by atoms with van der Waals surface area (Å²) in [4.78, 5) is 7.86. The zero-order valence-corrected chi connectivity index (χ0v) is 12.3. The van der Waals surface area contributed by atoms with Crippen LogP contribution in [-0.4, -0.2) is 29.0 Å². The van der Waals surface area contributed by atoms with Crippen LogP contribution in [0.1, 0.15) is 17.7 Å². The van der Waals surface area contributed by atoms with E-state index >= 15 is 0 Å². The maximum atomic E-state index is 5.69. The van der Waals surface area contributed by atoms with Gasteiger partial charge >= 0.3 is 0 Å². The Morgan fingerprint density at radius 3 is 2.95 bits per heavy atom. The summed E-state index contributed by atoms with van der Waals surface area (Å²) < 4.78 is 0. The maximum Gasteiger partial charge on any atom is 0.180 e. The van der Waals surface area contributed by atoms with Gasteiger partial charge in [-0.1, -0.05) is 18.2 Å². The lowest BCUT2D eigenvalue weighted by Gasteiger charge is -2.33. The molecule has 1 aliphatic heterocycles. The van der Waals surface area contributed by atoms with E-state index in [0.29, 0.717) is 11.2 Å². The molecule has 3 rings (SSSR count). The lowest BCUT2D eigenvalue weighted by Crippen LogP contribution is -2.41. The number of thiazole rings is 1. The van der Waals surface area contributed by atoms with Gasteiger partial charge in [0.05, 0.1) is 0 Å². The molecule has 0 saturated carbocycles. The van der Waals surface area contributed by atoms with Gasteiger partial charge in [0.2, 0.25) is 0 Å². The molecule has 1 fully saturated rings. The molecular formula is C15H20N4S. The molecule has 2 heterocycles. The molecule has 1 unspecified atom stereocenters. The topological polar surface area (TPSA) is 54.2 Å². The van der Waals surface area contributed by atoms with Gasteiger partial charge in [-0.25, -0.2) is 4.98 Å². The third kappa shape index (κ3) is 3.49. The molecule has 1 aromatic carbocycles. The number of aromatic nitrogens is 1. The Kier molecular flexibility index (Phi) is 4.18.